The van der Waals surface area contributed by atoms with Gasteiger partial charge in [0.15, 0.2) is 11.2 Å². The minimum atomic E-state index is 0.539. The number of para-hydroxylation sites is 6. The average Bonchev–Trinajstić information content (AvgIpc) is 1.07. The van der Waals surface area contributed by atoms with Crippen LogP contribution in [-0.2, 0) is 0 Å². The first kappa shape index (κ1) is 66.3. The van der Waals surface area contributed by atoms with E-state index in [2.05, 4.69) is 287 Å². The molecule has 4 aromatic heterocycles. The van der Waals surface area contributed by atoms with E-state index in [0.29, 0.717) is 22.8 Å². The lowest BCUT2D eigenvalue weighted by atomic mass is 9.91. The summed E-state index contributed by atoms with van der Waals surface area (Å²) >= 11 is 0. The van der Waals surface area contributed by atoms with Crippen molar-refractivity contribution in [2.24, 2.45) is 0 Å². The first-order valence-electron chi connectivity index (χ1n) is 38.0. The second kappa shape index (κ2) is 27.7. The molecular formula is C104H64N8O2. The maximum absolute atomic E-state index is 10.6. The van der Waals surface area contributed by atoms with Crippen LogP contribution in [0.2, 0.25) is 0 Å². The molecule has 18 aromatic carbocycles. The van der Waals surface area contributed by atoms with E-state index in [4.69, 9.17) is 18.8 Å². The zero-order valence-corrected chi connectivity index (χ0v) is 61.3. The van der Waals surface area contributed by atoms with Crippen LogP contribution in [0.15, 0.2) is 397 Å². The lowest BCUT2D eigenvalue weighted by molar-refractivity contribution is 0.669. The van der Waals surface area contributed by atoms with Crippen LogP contribution in [0, 0.1) is 22.7 Å². The van der Waals surface area contributed by atoms with Crippen molar-refractivity contribution < 1.29 is 8.83 Å². The normalized spacial score (nSPS) is 11.5. The van der Waals surface area contributed by atoms with E-state index in [1.165, 1.54) is 32.3 Å². The average molecular weight is 1460 g/mol. The molecule has 0 saturated carbocycles. The van der Waals surface area contributed by atoms with Crippen LogP contribution in [-0.4, -0.2) is 9.97 Å². The first-order valence-corrected chi connectivity index (χ1v) is 38.0. The van der Waals surface area contributed by atoms with E-state index < -0.39 is 0 Å². The number of benzene rings is 18. The van der Waals surface area contributed by atoms with Crippen LogP contribution in [0.25, 0.3) is 131 Å². The molecule has 0 saturated heterocycles. The van der Waals surface area contributed by atoms with Crippen molar-refractivity contribution >= 4 is 177 Å². The quantitative estimate of drug-likeness (QED) is 0.0976. The molecule has 0 radical (unpaired) electrons. The number of rotatable bonds is 14. The van der Waals surface area contributed by atoms with Gasteiger partial charge in [-0.05, 0) is 187 Å². The van der Waals surface area contributed by atoms with E-state index in [9.17, 15) is 10.5 Å². The minimum absolute atomic E-state index is 0.539. The van der Waals surface area contributed by atoms with Crippen LogP contribution in [0.4, 0.5) is 68.5 Å². The summed E-state index contributed by atoms with van der Waals surface area (Å²) in [5, 5.41) is 39.2. The van der Waals surface area contributed by atoms with Gasteiger partial charge in [-0.2, -0.15) is 10.5 Å². The highest BCUT2D eigenvalue weighted by Gasteiger charge is 2.29. The Morgan fingerprint density at radius 3 is 0.904 bits per heavy atom. The number of nitriles is 2. The van der Waals surface area contributed by atoms with Crippen LogP contribution in [0.1, 0.15) is 11.1 Å². The molecule has 0 aliphatic rings. The van der Waals surface area contributed by atoms with Crippen molar-refractivity contribution in [3.63, 3.8) is 0 Å². The summed E-state index contributed by atoms with van der Waals surface area (Å²) in [5.74, 6) is 1.40. The number of furan rings is 2. The summed E-state index contributed by atoms with van der Waals surface area (Å²) in [6.45, 7) is 0. The fourth-order valence-corrected chi connectivity index (χ4v) is 17.1. The molecule has 0 atom stereocenters. The Morgan fingerprint density at radius 2 is 0.544 bits per heavy atom. The molecule has 0 bridgehead atoms. The van der Waals surface area contributed by atoms with Gasteiger partial charge < -0.3 is 18.6 Å². The Kier molecular flexibility index (Phi) is 16.1. The highest BCUT2D eigenvalue weighted by atomic mass is 16.3. The number of nitrogens with zero attached hydrogens (tertiary/aromatic N) is 8. The summed E-state index contributed by atoms with van der Waals surface area (Å²) in [5.41, 5.74) is 18.2. The largest absolute Gasteiger partial charge is 0.454 e. The molecule has 4 heterocycles. The van der Waals surface area contributed by atoms with E-state index in [0.717, 1.165) is 155 Å². The van der Waals surface area contributed by atoms with Gasteiger partial charge in [-0.15, -0.1) is 0 Å². The highest BCUT2D eigenvalue weighted by molar-refractivity contribution is 6.30. The van der Waals surface area contributed by atoms with Gasteiger partial charge in [0, 0.05) is 66.9 Å². The maximum Gasteiger partial charge on any atom is 0.159 e. The Morgan fingerprint density at radius 1 is 0.228 bits per heavy atom. The Hall–Kier alpha value is -15.9. The van der Waals surface area contributed by atoms with Crippen molar-refractivity contribution in [3.8, 4) is 34.4 Å². The van der Waals surface area contributed by atoms with Crippen LogP contribution in [0.5, 0.6) is 0 Å². The third-order valence-corrected chi connectivity index (χ3v) is 22.2. The van der Waals surface area contributed by atoms with Crippen molar-refractivity contribution in [2.45, 2.75) is 0 Å². The highest BCUT2D eigenvalue weighted by Crippen LogP contribution is 2.53. The summed E-state index contributed by atoms with van der Waals surface area (Å²) in [4.78, 5) is 18.5. The van der Waals surface area contributed by atoms with Gasteiger partial charge >= 0.3 is 0 Å². The second-order valence-electron chi connectivity index (χ2n) is 28.5. The lowest BCUT2D eigenvalue weighted by Gasteiger charge is -2.29. The third kappa shape index (κ3) is 11.1. The monoisotopic (exact) mass is 1460 g/mol. The van der Waals surface area contributed by atoms with Crippen LogP contribution < -0.4 is 19.6 Å². The van der Waals surface area contributed by atoms with E-state index in [1.807, 2.05) is 121 Å². The fraction of sp³-hybridized carbons (Fsp3) is 0. The van der Waals surface area contributed by atoms with Crippen molar-refractivity contribution in [1.82, 2.24) is 9.97 Å². The predicted octanol–water partition coefficient (Wildman–Crippen LogP) is 28.7. The maximum atomic E-state index is 10.6. The molecule has 0 amide bonds. The van der Waals surface area contributed by atoms with Gasteiger partial charge in [-0.3, -0.25) is 9.80 Å². The van der Waals surface area contributed by atoms with E-state index in [-0.39, 0.29) is 0 Å². The van der Waals surface area contributed by atoms with Crippen molar-refractivity contribution in [2.75, 3.05) is 19.6 Å². The summed E-state index contributed by atoms with van der Waals surface area (Å²) < 4.78 is 13.3. The SMILES string of the molecule is N#Cc1cc(-c2ccccc2)ccc1N(c1ccccn1)c1ccc2ccc3c(N(c4ccccn4)c4ccc(-c5ccccc5)cc4C#N)ccc4ccc1c2c43.c1ccc(N(c2ccc3ccc4c(N(c5ccccc5)c5cccc6c5oc5ccccc56)ccc5ccc2c3c54)c2cccc3c2oc2ccccc23)cc1. The molecule has 10 heteroatoms. The molecule has 22 aromatic rings. The second-order valence-corrected chi connectivity index (χ2v) is 28.5. The summed E-state index contributed by atoms with van der Waals surface area (Å²) in [7, 11) is 0. The smallest absolute Gasteiger partial charge is 0.159 e. The number of aromatic nitrogens is 2. The fourth-order valence-electron chi connectivity index (χ4n) is 17.1. The minimum Gasteiger partial charge on any atom is -0.454 e. The number of hydrogen-bond donors (Lipinski definition) is 0. The molecule has 0 N–H and O–H groups in total. The Balaban J connectivity index is 0.000000143. The number of anilines is 12. The number of hydrogen-bond acceptors (Lipinski definition) is 10. The molecule has 0 spiro atoms. The van der Waals surface area contributed by atoms with Crippen molar-refractivity contribution in [1.29, 1.82) is 10.5 Å². The van der Waals surface area contributed by atoms with E-state index in [1.54, 1.807) is 12.4 Å². The molecule has 0 aliphatic heterocycles. The first-order chi connectivity index (χ1) is 56.5. The zero-order chi connectivity index (χ0) is 75.7. The molecular weight excluding hydrogens is 1390 g/mol. The summed E-state index contributed by atoms with van der Waals surface area (Å²) in [6.07, 6.45) is 3.56. The Labute approximate surface area is 655 Å². The molecule has 114 heavy (non-hydrogen) atoms. The van der Waals surface area contributed by atoms with Gasteiger partial charge in [-0.1, -0.05) is 255 Å². The molecule has 0 aliphatic carbocycles. The predicted molar refractivity (Wildman–Crippen MR) is 469 cm³/mol. The topological polar surface area (TPSA) is 113 Å². The van der Waals surface area contributed by atoms with Crippen LogP contribution >= 0.6 is 0 Å². The Bertz CT molecular complexity index is 7080. The standard InChI is InChI=1S/C52H32N6.C52H32N2O2/c53-33-41-31-39(35-11-3-1-4-12-35)21-25-45(41)57(49-15-7-9-29-55-49)47-27-19-37-18-24-44-48(28-20-38-17-23-43(47)51(37)52(38)44)58(50-16-8-10-30-56-50)46-26-22-40(32-42(46)34-54)36-13-5-2-6-14-36;1-3-13-35(14-4-1)53(45-21-11-19-39-37-17-7-9-23-47(37)55-51(39)45)43-31-27-33-26-30-42-44(32-28-34-25-29-41(43)49(33)50(34)42)54(36-15-5-2-6-16-36)46-22-12-20-40-38-18-8-10-24-48(38)56-52(40)46/h1-32H;1-32H. The molecule has 0 unspecified atom stereocenters. The van der Waals surface area contributed by atoms with E-state index >= 15 is 0 Å². The summed E-state index contributed by atoms with van der Waals surface area (Å²) in [6, 6.07) is 135. The van der Waals surface area contributed by atoms with Crippen LogP contribution in [0.3, 0.4) is 0 Å². The van der Waals surface area contributed by atoms with Crippen molar-refractivity contribution in [3.05, 3.63) is 400 Å². The molecule has 22 rings (SSSR count). The molecule has 532 valence electrons. The number of pyridine rings is 2. The van der Waals surface area contributed by atoms with Gasteiger partial charge in [0.05, 0.1) is 56.6 Å². The zero-order valence-electron chi connectivity index (χ0n) is 61.3. The molecule has 10 nitrogen and oxygen atoms in total. The van der Waals surface area contributed by atoms with Gasteiger partial charge in [-0.25, -0.2) is 9.97 Å². The number of fused-ring (bicyclic) bond motifs is 6. The lowest BCUT2D eigenvalue weighted by Crippen LogP contribution is -2.14. The van der Waals surface area contributed by atoms with Gasteiger partial charge in [0.2, 0.25) is 0 Å². The third-order valence-electron chi connectivity index (χ3n) is 22.2. The van der Waals surface area contributed by atoms with Gasteiger partial charge in [0.1, 0.15) is 34.9 Å². The molecule has 0 fully saturated rings. The van der Waals surface area contributed by atoms with Gasteiger partial charge in [0.25, 0.3) is 0 Å².